The molecule has 14 heavy (non-hydrogen) atoms. The molecule has 0 aromatic carbocycles. The monoisotopic (exact) mass is 198 g/mol. The molecule has 78 valence electrons. The minimum Gasteiger partial charge on any atom is -0.465 e. The van der Waals surface area contributed by atoms with Gasteiger partial charge in [-0.1, -0.05) is 12.2 Å². The summed E-state index contributed by atoms with van der Waals surface area (Å²) >= 11 is 0. The number of rotatable bonds is 3. The molecule has 1 N–H and O–H groups in total. The van der Waals surface area contributed by atoms with Crippen molar-refractivity contribution in [3.63, 3.8) is 0 Å². The van der Waals surface area contributed by atoms with Crippen LogP contribution in [-0.2, 0) is 14.3 Å². The third-order valence-electron chi connectivity index (χ3n) is 2.89. The van der Waals surface area contributed by atoms with Crippen molar-refractivity contribution in [3.05, 3.63) is 12.2 Å². The van der Waals surface area contributed by atoms with Crippen molar-refractivity contribution in [1.82, 2.24) is 0 Å². The summed E-state index contributed by atoms with van der Waals surface area (Å²) in [5, 5.41) is 9.17. The Morgan fingerprint density at radius 2 is 2.07 bits per heavy atom. The number of carbonyl (C=O) groups excluding carboxylic acids is 1. The fourth-order valence-electron chi connectivity index (χ4n) is 2.14. The lowest BCUT2D eigenvalue weighted by molar-refractivity contribution is -0.143. The van der Waals surface area contributed by atoms with E-state index in [1.807, 2.05) is 12.2 Å². The molecule has 0 radical (unpaired) electrons. The number of carbonyl (C=O) groups is 1. The molecule has 1 saturated heterocycles. The Balaban J connectivity index is 1.97. The molecule has 4 heteroatoms. The Bertz CT molecular complexity index is 261. The van der Waals surface area contributed by atoms with Crippen molar-refractivity contribution in [2.24, 2.45) is 11.8 Å². The Hall–Kier alpha value is -0.870. The Morgan fingerprint density at radius 1 is 1.43 bits per heavy atom. The highest BCUT2D eigenvalue weighted by atomic mass is 16.5. The average Bonchev–Trinajstić information content (AvgIpc) is 2.72. The molecule has 0 aliphatic carbocycles. The molecule has 2 aliphatic rings. The average molecular weight is 198 g/mol. The van der Waals surface area contributed by atoms with Gasteiger partial charge in [-0.2, -0.15) is 0 Å². The zero-order chi connectivity index (χ0) is 10.1. The summed E-state index contributed by atoms with van der Waals surface area (Å²) in [6.45, 7) is 1.81. The van der Waals surface area contributed by atoms with E-state index < -0.39 is 0 Å². The molecule has 0 spiro atoms. The van der Waals surface area contributed by atoms with Crippen LogP contribution in [0.3, 0.4) is 0 Å². The quantitative estimate of drug-likeness (QED) is 0.516. The van der Waals surface area contributed by atoms with Gasteiger partial charge in [-0.15, -0.1) is 0 Å². The Kier molecular flexibility index (Phi) is 2.56. The summed E-state index contributed by atoms with van der Waals surface area (Å²) in [4.78, 5) is 10.7. The molecule has 4 nitrogen and oxygen atoms in total. The Labute approximate surface area is 82.5 Å². The predicted octanol–water partition coefficient (Wildman–Crippen LogP) is 0.111. The summed E-state index contributed by atoms with van der Waals surface area (Å²) in [6.07, 6.45) is 3.96. The van der Waals surface area contributed by atoms with Crippen LogP contribution in [0.25, 0.3) is 0 Å². The van der Waals surface area contributed by atoms with Crippen LogP contribution in [0.15, 0.2) is 12.2 Å². The van der Waals surface area contributed by atoms with Crippen molar-refractivity contribution in [2.75, 3.05) is 13.2 Å². The molecule has 1 fully saturated rings. The zero-order valence-electron chi connectivity index (χ0n) is 8.05. The van der Waals surface area contributed by atoms with Gasteiger partial charge in [0.25, 0.3) is 0 Å². The van der Waals surface area contributed by atoms with Gasteiger partial charge in [0.15, 0.2) is 0 Å². The third-order valence-corrected chi connectivity index (χ3v) is 2.89. The number of esters is 1. The zero-order valence-corrected chi connectivity index (χ0v) is 8.05. The van der Waals surface area contributed by atoms with Crippen molar-refractivity contribution in [3.8, 4) is 0 Å². The van der Waals surface area contributed by atoms with Crippen LogP contribution >= 0.6 is 0 Å². The van der Waals surface area contributed by atoms with Crippen LogP contribution in [-0.4, -0.2) is 36.5 Å². The summed E-state index contributed by atoms with van der Waals surface area (Å²) in [7, 11) is 0. The lowest BCUT2D eigenvalue weighted by Gasteiger charge is -2.22. The van der Waals surface area contributed by atoms with E-state index in [2.05, 4.69) is 0 Å². The summed E-state index contributed by atoms with van der Waals surface area (Å²) < 4.78 is 10.5. The van der Waals surface area contributed by atoms with Gasteiger partial charge in [0, 0.05) is 25.4 Å². The second kappa shape index (κ2) is 3.71. The van der Waals surface area contributed by atoms with Crippen LogP contribution in [0.4, 0.5) is 0 Å². The maximum absolute atomic E-state index is 10.7. The lowest BCUT2D eigenvalue weighted by atomic mass is 9.84. The lowest BCUT2D eigenvalue weighted by Crippen LogP contribution is -2.31. The third kappa shape index (κ3) is 1.55. The number of aliphatic hydroxyl groups is 1. The van der Waals surface area contributed by atoms with Crippen molar-refractivity contribution in [1.29, 1.82) is 0 Å². The van der Waals surface area contributed by atoms with Gasteiger partial charge in [-0.3, -0.25) is 4.79 Å². The molecule has 0 aromatic rings. The highest BCUT2D eigenvalue weighted by Crippen LogP contribution is 2.38. The first kappa shape index (κ1) is 9.68. The summed E-state index contributed by atoms with van der Waals surface area (Å²) in [5.74, 6) is -0.100. The molecule has 0 saturated carbocycles. The topological polar surface area (TPSA) is 55.8 Å². The second-order valence-corrected chi connectivity index (χ2v) is 3.76. The number of fused-ring (bicyclic) bond motifs is 2. The minimum atomic E-state index is -0.284. The molecule has 0 amide bonds. The van der Waals surface area contributed by atoms with Crippen LogP contribution in [0.1, 0.15) is 6.92 Å². The molecule has 2 heterocycles. The van der Waals surface area contributed by atoms with Gasteiger partial charge >= 0.3 is 5.97 Å². The highest BCUT2D eigenvalue weighted by molar-refractivity contribution is 5.65. The van der Waals surface area contributed by atoms with Crippen molar-refractivity contribution >= 4 is 5.97 Å². The number of ether oxygens (including phenoxy) is 2. The predicted molar refractivity (Wildman–Crippen MR) is 48.5 cm³/mol. The van der Waals surface area contributed by atoms with Crippen molar-refractivity contribution < 1.29 is 19.4 Å². The van der Waals surface area contributed by atoms with E-state index in [0.717, 1.165) is 0 Å². The van der Waals surface area contributed by atoms with E-state index in [-0.39, 0.29) is 36.6 Å². The highest BCUT2D eigenvalue weighted by Gasteiger charge is 2.45. The van der Waals surface area contributed by atoms with Crippen LogP contribution < -0.4 is 0 Å². The molecular formula is C10H14O4. The molecular weight excluding hydrogens is 184 g/mol. The largest absolute Gasteiger partial charge is 0.465 e. The first-order valence-corrected chi connectivity index (χ1v) is 4.80. The SMILES string of the molecule is CC(=O)OC[C@H]1[C@@H](CO)[C@@H]2C=C[C@H]1O2. The van der Waals surface area contributed by atoms with Crippen LogP contribution in [0.5, 0.6) is 0 Å². The maximum atomic E-state index is 10.7. The minimum absolute atomic E-state index is 0.00515. The normalized spacial score (nSPS) is 39.0. The number of hydrogen-bond donors (Lipinski definition) is 1. The van der Waals surface area contributed by atoms with Gasteiger partial charge < -0.3 is 14.6 Å². The van der Waals surface area contributed by atoms with Gasteiger partial charge in [0.1, 0.15) is 0 Å². The number of hydrogen-bond acceptors (Lipinski definition) is 4. The fourth-order valence-corrected chi connectivity index (χ4v) is 2.14. The van der Waals surface area contributed by atoms with Gasteiger partial charge in [-0.05, 0) is 0 Å². The first-order valence-electron chi connectivity index (χ1n) is 4.80. The summed E-state index contributed by atoms with van der Waals surface area (Å²) in [5.41, 5.74) is 0. The molecule has 2 aliphatic heterocycles. The van der Waals surface area contributed by atoms with E-state index in [9.17, 15) is 4.79 Å². The first-order chi connectivity index (χ1) is 6.72. The van der Waals surface area contributed by atoms with E-state index in [0.29, 0.717) is 6.61 Å². The summed E-state index contributed by atoms with van der Waals surface area (Å²) in [6, 6.07) is 0. The van der Waals surface area contributed by atoms with Crippen LogP contribution in [0.2, 0.25) is 0 Å². The maximum Gasteiger partial charge on any atom is 0.302 e. The smallest absolute Gasteiger partial charge is 0.302 e. The fraction of sp³-hybridized carbons (Fsp3) is 0.700. The molecule has 0 unspecified atom stereocenters. The number of aliphatic hydroxyl groups excluding tert-OH is 1. The van der Waals surface area contributed by atoms with E-state index >= 15 is 0 Å². The van der Waals surface area contributed by atoms with E-state index in [4.69, 9.17) is 14.6 Å². The van der Waals surface area contributed by atoms with Gasteiger partial charge in [0.05, 0.1) is 18.8 Å². The Morgan fingerprint density at radius 3 is 2.64 bits per heavy atom. The van der Waals surface area contributed by atoms with E-state index in [1.165, 1.54) is 6.92 Å². The molecule has 0 aromatic heterocycles. The van der Waals surface area contributed by atoms with Gasteiger partial charge in [-0.25, -0.2) is 0 Å². The molecule has 2 bridgehead atoms. The van der Waals surface area contributed by atoms with E-state index in [1.54, 1.807) is 0 Å². The van der Waals surface area contributed by atoms with Crippen LogP contribution in [0, 0.1) is 11.8 Å². The van der Waals surface area contributed by atoms with Gasteiger partial charge in [0.2, 0.25) is 0 Å². The standard InChI is InChI=1S/C10H14O4/c1-6(12)13-5-8-7(4-11)9-2-3-10(8)14-9/h2-3,7-11H,4-5H2,1H3/t7-,8+,9+,10-/m1/s1. The molecule has 2 rings (SSSR count). The van der Waals surface area contributed by atoms with Crippen molar-refractivity contribution in [2.45, 2.75) is 19.1 Å². The second-order valence-electron chi connectivity index (χ2n) is 3.76. The molecule has 4 atom stereocenters.